The maximum absolute atomic E-state index is 12.4. The van der Waals surface area contributed by atoms with Crippen molar-refractivity contribution in [1.82, 2.24) is 5.32 Å². The van der Waals surface area contributed by atoms with Crippen LogP contribution in [0.5, 0.6) is 5.75 Å². The molecule has 0 radical (unpaired) electrons. The monoisotopic (exact) mass is 385 g/mol. The number of benzene rings is 2. The van der Waals surface area contributed by atoms with Crippen LogP contribution in [0.3, 0.4) is 0 Å². The summed E-state index contributed by atoms with van der Waals surface area (Å²) in [6.07, 6.45) is 0. The lowest BCUT2D eigenvalue weighted by molar-refractivity contribution is -0.119. The molecule has 1 atom stereocenters. The molecule has 0 fully saturated rings. The topological polar surface area (TPSA) is 38.3 Å². The van der Waals surface area contributed by atoms with Gasteiger partial charge in [0.1, 0.15) is 5.75 Å². The molecule has 1 N–H and O–H groups in total. The zero-order valence-electron chi connectivity index (χ0n) is 17.3. The number of amides is 1. The minimum atomic E-state index is -0.0278. The fraction of sp³-hybridized carbons (Fsp3) is 0.435. The average molecular weight is 386 g/mol. The van der Waals surface area contributed by atoms with E-state index in [4.69, 9.17) is 4.74 Å². The summed E-state index contributed by atoms with van der Waals surface area (Å²) in [5, 5.41) is 3.14. The summed E-state index contributed by atoms with van der Waals surface area (Å²) in [4.78, 5) is 12.4. The Kier molecular flexibility index (Phi) is 7.78. The minimum Gasteiger partial charge on any atom is -0.496 e. The standard InChI is InChI=1S/C23H31NO2S/c1-15(2)20-12-21(17(4)11-22(20)26-6)18(5)24-23(25)14-27-13-19-10-8-7-9-16(19)3/h7-12,15,18H,13-14H2,1-6H3,(H,24,25)/t18-/m0/s1. The summed E-state index contributed by atoms with van der Waals surface area (Å²) in [6.45, 7) is 10.5. The largest absolute Gasteiger partial charge is 0.496 e. The molecule has 3 nitrogen and oxygen atoms in total. The van der Waals surface area contributed by atoms with Crippen molar-refractivity contribution in [2.24, 2.45) is 0 Å². The molecule has 0 saturated heterocycles. The van der Waals surface area contributed by atoms with Crippen LogP contribution in [0.1, 0.15) is 60.5 Å². The molecule has 27 heavy (non-hydrogen) atoms. The molecule has 0 aliphatic rings. The second-order valence-electron chi connectivity index (χ2n) is 7.31. The summed E-state index contributed by atoms with van der Waals surface area (Å²) in [5.74, 6) is 2.67. The molecule has 0 bridgehead atoms. The number of aryl methyl sites for hydroxylation is 2. The van der Waals surface area contributed by atoms with Crippen molar-refractivity contribution in [3.63, 3.8) is 0 Å². The lowest BCUT2D eigenvalue weighted by Gasteiger charge is -2.21. The maximum Gasteiger partial charge on any atom is 0.230 e. The number of carbonyl (C=O) groups is 1. The Balaban J connectivity index is 1.98. The van der Waals surface area contributed by atoms with Crippen molar-refractivity contribution >= 4 is 17.7 Å². The lowest BCUT2D eigenvalue weighted by Crippen LogP contribution is -2.28. The molecule has 4 heteroatoms. The zero-order chi connectivity index (χ0) is 20.0. The van der Waals surface area contributed by atoms with Gasteiger partial charge in [-0.3, -0.25) is 4.79 Å². The van der Waals surface area contributed by atoms with Crippen LogP contribution < -0.4 is 10.1 Å². The van der Waals surface area contributed by atoms with Crippen LogP contribution in [-0.4, -0.2) is 18.8 Å². The van der Waals surface area contributed by atoms with Gasteiger partial charge < -0.3 is 10.1 Å². The van der Waals surface area contributed by atoms with Gasteiger partial charge in [0, 0.05) is 5.75 Å². The molecule has 2 rings (SSSR count). The normalized spacial score (nSPS) is 12.1. The Morgan fingerprint density at radius 2 is 1.78 bits per heavy atom. The predicted octanol–water partition coefficient (Wildman–Crippen LogP) is 5.55. The Morgan fingerprint density at radius 3 is 2.41 bits per heavy atom. The minimum absolute atomic E-state index is 0.0278. The van der Waals surface area contributed by atoms with Crippen molar-refractivity contribution in [3.05, 3.63) is 64.2 Å². The molecule has 146 valence electrons. The molecule has 2 aromatic rings. The number of ether oxygens (including phenoxy) is 1. The molecule has 0 saturated carbocycles. The Hall–Kier alpha value is -1.94. The van der Waals surface area contributed by atoms with Crippen molar-refractivity contribution < 1.29 is 9.53 Å². The van der Waals surface area contributed by atoms with Gasteiger partial charge >= 0.3 is 0 Å². The highest BCUT2D eigenvalue weighted by Crippen LogP contribution is 2.32. The molecule has 0 aliphatic heterocycles. The van der Waals surface area contributed by atoms with Crippen LogP contribution >= 0.6 is 11.8 Å². The Bertz CT molecular complexity index is 786. The summed E-state index contributed by atoms with van der Waals surface area (Å²) >= 11 is 1.65. The number of carbonyl (C=O) groups excluding carboxylic acids is 1. The van der Waals surface area contributed by atoms with Crippen LogP contribution in [0.25, 0.3) is 0 Å². The van der Waals surface area contributed by atoms with E-state index in [2.05, 4.69) is 57.3 Å². The molecule has 2 aromatic carbocycles. The fourth-order valence-electron chi connectivity index (χ4n) is 3.20. The second kappa shape index (κ2) is 9.84. The third kappa shape index (κ3) is 5.77. The highest BCUT2D eigenvalue weighted by atomic mass is 32.2. The molecular weight excluding hydrogens is 354 g/mol. The van der Waals surface area contributed by atoms with Gasteiger partial charge in [-0.15, -0.1) is 11.8 Å². The number of rotatable bonds is 8. The lowest BCUT2D eigenvalue weighted by atomic mass is 9.93. The Labute approximate surface area is 167 Å². The molecule has 0 heterocycles. The number of hydrogen-bond acceptors (Lipinski definition) is 3. The summed E-state index contributed by atoms with van der Waals surface area (Å²) in [5.41, 5.74) is 6.02. The first kappa shape index (κ1) is 21.4. The van der Waals surface area contributed by atoms with Crippen molar-refractivity contribution in [2.75, 3.05) is 12.9 Å². The SMILES string of the molecule is COc1cc(C)c([C@H](C)NC(=O)CSCc2ccccc2C)cc1C(C)C. The van der Waals surface area contributed by atoms with Gasteiger partial charge in [0.25, 0.3) is 0 Å². The van der Waals surface area contributed by atoms with E-state index in [1.54, 1.807) is 18.9 Å². The second-order valence-corrected chi connectivity index (χ2v) is 8.30. The number of methoxy groups -OCH3 is 1. The number of hydrogen-bond donors (Lipinski definition) is 1. The van der Waals surface area contributed by atoms with Crippen LogP contribution in [0.2, 0.25) is 0 Å². The van der Waals surface area contributed by atoms with E-state index in [0.29, 0.717) is 11.7 Å². The molecule has 0 spiro atoms. The zero-order valence-corrected chi connectivity index (χ0v) is 18.1. The third-order valence-electron chi connectivity index (χ3n) is 4.84. The number of thioether (sulfide) groups is 1. The van der Waals surface area contributed by atoms with Gasteiger partial charge in [-0.25, -0.2) is 0 Å². The molecule has 1 amide bonds. The van der Waals surface area contributed by atoms with Crippen LogP contribution in [0.4, 0.5) is 0 Å². The Morgan fingerprint density at radius 1 is 1.07 bits per heavy atom. The average Bonchev–Trinajstić information content (AvgIpc) is 2.62. The van der Waals surface area contributed by atoms with Gasteiger partial charge in [0.15, 0.2) is 0 Å². The predicted molar refractivity (Wildman–Crippen MR) is 116 cm³/mol. The van der Waals surface area contributed by atoms with E-state index in [-0.39, 0.29) is 11.9 Å². The van der Waals surface area contributed by atoms with E-state index in [9.17, 15) is 4.79 Å². The summed E-state index contributed by atoms with van der Waals surface area (Å²) in [7, 11) is 1.71. The highest BCUT2D eigenvalue weighted by molar-refractivity contribution is 7.99. The first-order valence-electron chi connectivity index (χ1n) is 9.43. The number of nitrogens with one attached hydrogen (secondary N) is 1. The van der Waals surface area contributed by atoms with E-state index in [1.165, 1.54) is 16.7 Å². The van der Waals surface area contributed by atoms with Crippen molar-refractivity contribution in [1.29, 1.82) is 0 Å². The maximum atomic E-state index is 12.4. The molecule has 0 aliphatic carbocycles. The van der Waals surface area contributed by atoms with Gasteiger partial charge in [0.2, 0.25) is 5.91 Å². The van der Waals surface area contributed by atoms with Crippen LogP contribution in [-0.2, 0) is 10.5 Å². The fourth-order valence-corrected chi connectivity index (χ4v) is 4.11. The van der Waals surface area contributed by atoms with Gasteiger partial charge in [-0.2, -0.15) is 0 Å². The third-order valence-corrected chi connectivity index (χ3v) is 5.82. The van der Waals surface area contributed by atoms with Crippen molar-refractivity contribution in [2.45, 2.75) is 52.3 Å². The molecule has 0 unspecified atom stereocenters. The van der Waals surface area contributed by atoms with Gasteiger partial charge in [-0.05, 0) is 66.6 Å². The molecular formula is C23H31NO2S. The smallest absolute Gasteiger partial charge is 0.230 e. The van der Waals surface area contributed by atoms with E-state index < -0.39 is 0 Å². The molecule has 0 aromatic heterocycles. The summed E-state index contributed by atoms with van der Waals surface area (Å²) in [6, 6.07) is 12.5. The first-order valence-corrected chi connectivity index (χ1v) is 10.6. The highest BCUT2D eigenvalue weighted by Gasteiger charge is 2.16. The van der Waals surface area contributed by atoms with E-state index in [1.807, 2.05) is 19.1 Å². The van der Waals surface area contributed by atoms with Crippen molar-refractivity contribution in [3.8, 4) is 5.75 Å². The van der Waals surface area contributed by atoms with E-state index >= 15 is 0 Å². The van der Waals surface area contributed by atoms with Crippen LogP contribution in [0.15, 0.2) is 36.4 Å². The van der Waals surface area contributed by atoms with Gasteiger partial charge in [-0.1, -0.05) is 38.1 Å². The summed E-state index contributed by atoms with van der Waals surface area (Å²) < 4.78 is 5.52. The van der Waals surface area contributed by atoms with E-state index in [0.717, 1.165) is 22.6 Å². The van der Waals surface area contributed by atoms with Crippen LogP contribution in [0, 0.1) is 13.8 Å². The van der Waals surface area contributed by atoms with Gasteiger partial charge in [0.05, 0.1) is 18.9 Å². The quantitative estimate of drug-likeness (QED) is 0.648. The first-order chi connectivity index (χ1) is 12.8.